The largest absolute Gasteiger partial charge is 0.494 e. The molecule has 0 N–H and O–H groups in total. The number of nitrogens with zero attached hydrogens (tertiary/aromatic N) is 5. The lowest BCUT2D eigenvalue weighted by molar-refractivity contribution is 0.386. The second-order valence-corrected chi connectivity index (χ2v) is 7.45. The summed E-state index contributed by atoms with van der Waals surface area (Å²) in [7, 11) is 1.36. The second kappa shape index (κ2) is 8.26. The molecule has 0 saturated heterocycles. The van der Waals surface area contributed by atoms with E-state index in [1.807, 2.05) is 19.1 Å². The minimum Gasteiger partial charge on any atom is -0.494 e. The molecule has 0 spiro atoms. The van der Waals surface area contributed by atoms with Crippen molar-refractivity contribution in [1.82, 2.24) is 19.5 Å². The third-order valence-corrected chi connectivity index (χ3v) is 5.36. The van der Waals surface area contributed by atoms with Gasteiger partial charge in [-0.3, -0.25) is 14.3 Å². The average Bonchev–Trinajstić information content (AvgIpc) is 3.39. The highest BCUT2D eigenvalue weighted by atomic mass is 19.1. The third-order valence-electron chi connectivity index (χ3n) is 5.36. The molecule has 5 aromatic rings. The zero-order valence-electron chi connectivity index (χ0n) is 18.1. The molecule has 9 heteroatoms. The maximum Gasteiger partial charge on any atom is 0.265 e. The van der Waals surface area contributed by atoms with E-state index in [1.165, 1.54) is 42.5 Å². The molecule has 0 bridgehead atoms. The third kappa shape index (κ3) is 3.47. The van der Waals surface area contributed by atoms with E-state index in [4.69, 9.17) is 20.7 Å². The molecule has 0 atom stereocenters. The van der Waals surface area contributed by atoms with Gasteiger partial charge in [-0.15, -0.1) is 0 Å². The molecule has 34 heavy (non-hydrogen) atoms. The van der Waals surface area contributed by atoms with Crippen LogP contribution in [-0.4, -0.2) is 26.6 Å². The molecule has 3 aromatic heterocycles. The van der Waals surface area contributed by atoms with Gasteiger partial charge in [-0.05, 0) is 42.8 Å². The average molecular weight is 453 g/mol. The Bertz CT molecular complexity index is 1640. The van der Waals surface area contributed by atoms with Gasteiger partial charge in [0.25, 0.3) is 5.56 Å². The van der Waals surface area contributed by atoms with Crippen LogP contribution in [0.15, 0.2) is 70.5 Å². The maximum atomic E-state index is 14.5. The van der Waals surface area contributed by atoms with E-state index < -0.39 is 11.4 Å². The van der Waals surface area contributed by atoms with Crippen LogP contribution in [0.3, 0.4) is 0 Å². The minimum atomic E-state index is -0.642. The molecule has 0 amide bonds. The summed E-state index contributed by atoms with van der Waals surface area (Å²) in [4.78, 5) is 30.3. The number of benzene rings is 2. The van der Waals surface area contributed by atoms with Gasteiger partial charge in [0.1, 0.15) is 0 Å². The number of pyridine rings is 1. The SMILES string of the molecule is [C-]#[N+]c1cc(-c2ccc(C)nc2)c2nc(-c3cnco3)n(-c3ccc(OC)c(F)c3)c(=O)c2c1. The molecule has 0 radical (unpaired) electrons. The molecule has 5 rings (SSSR count). The Hall–Kier alpha value is -4.84. The fraction of sp³-hybridized carbons (Fsp3) is 0.0800. The van der Waals surface area contributed by atoms with E-state index in [-0.39, 0.29) is 34.1 Å². The van der Waals surface area contributed by atoms with Gasteiger partial charge in [0.05, 0.1) is 36.5 Å². The van der Waals surface area contributed by atoms with Gasteiger partial charge < -0.3 is 9.15 Å². The first kappa shape index (κ1) is 21.0. The molecule has 0 fully saturated rings. The summed E-state index contributed by atoms with van der Waals surface area (Å²) in [5.41, 5.74) is 2.45. The van der Waals surface area contributed by atoms with Gasteiger partial charge in [-0.1, -0.05) is 6.07 Å². The van der Waals surface area contributed by atoms with Crippen LogP contribution in [0.4, 0.5) is 10.1 Å². The first-order chi connectivity index (χ1) is 16.5. The first-order valence-corrected chi connectivity index (χ1v) is 10.1. The van der Waals surface area contributed by atoms with Crippen molar-refractivity contribution in [3.8, 4) is 34.1 Å². The Labute approximate surface area is 192 Å². The summed E-state index contributed by atoms with van der Waals surface area (Å²) >= 11 is 0. The van der Waals surface area contributed by atoms with Gasteiger partial charge in [0.2, 0.25) is 0 Å². The number of halogens is 1. The van der Waals surface area contributed by atoms with E-state index in [0.717, 1.165) is 5.69 Å². The number of fused-ring (bicyclic) bond motifs is 1. The van der Waals surface area contributed by atoms with Gasteiger partial charge in [0.15, 0.2) is 35.2 Å². The Morgan fingerprint density at radius 2 is 2.00 bits per heavy atom. The molecular formula is C25H16FN5O3. The number of methoxy groups -OCH3 is 1. The lowest BCUT2D eigenvalue weighted by Gasteiger charge is -2.15. The quantitative estimate of drug-likeness (QED) is 0.352. The number of aromatic nitrogens is 4. The molecule has 3 heterocycles. The summed E-state index contributed by atoms with van der Waals surface area (Å²) in [5, 5.41) is 0.198. The monoisotopic (exact) mass is 453 g/mol. The fourth-order valence-electron chi connectivity index (χ4n) is 3.71. The molecule has 8 nitrogen and oxygen atoms in total. The summed E-state index contributed by atoms with van der Waals surface area (Å²) < 4.78 is 26.2. The van der Waals surface area contributed by atoms with Crippen LogP contribution in [0, 0.1) is 19.3 Å². The van der Waals surface area contributed by atoms with E-state index in [1.54, 1.807) is 18.3 Å². The Kier molecular flexibility index (Phi) is 5.11. The van der Waals surface area contributed by atoms with Crippen LogP contribution >= 0.6 is 0 Å². The molecule has 166 valence electrons. The van der Waals surface area contributed by atoms with Crippen molar-refractivity contribution in [3.05, 3.63) is 94.5 Å². The number of hydrogen-bond donors (Lipinski definition) is 0. The molecule has 0 unspecified atom stereocenters. The summed E-state index contributed by atoms with van der Waals surface area (Å²) in [6.45, 7) is 9.39. The van der Waals surface area contributed by atoms with Crippen LogP contribution in [-0.2, 0) is 0 Å². The van der Waals surface area contributed by atoms with Crippen molar-refractivity contribution in [2.75, 3.05) is 7.11 Å². The number of rotatable bonds is 4. The predicted molar refractivity (Wildman–Crippen MR) is 124 cm³/mol. The lowest BCUT2D eigenvalue weighted by Crippen LogP contribution is -2.22. The zero-order valence-corrected chi connectivity index (χ0v) is 18.1. The highest BCUT2D eigenvalue weighted by Gasteiger charge is 2.21. The Morgan fingerprint density at radius 3 is 2.65 bits per heavy atom. The number of aryl methyl sites for hydroxylation is 1. The number of ether oxygens (including phenoxy) is 1. The summed E-state index contributed by atoms with van der Waals surface area (Å²) in [5.74, 6) is -0.248. The Balaban J connectivity index is 1.90. The summed E-state index contributed by atoms with van der Waals surface area (Å²) in [6, 6.07) is 11.0. The van der Waals surface area contributed by atoms with E-state index in [2.05, 4.69) is 14.8 Å². The minimum absolute atomic E-state index is 0.0382. The maximum absolute atomic E-state index is 14.5. The van der Waals surface area contributed by atoms with E-state index >= 15 is 0 Å². The fourth-order valence-corrected chi connectivity index (χ4v) is 3.71. The molecule has 0 saturated carbocycles. The molecule has 2 aromatic carbocycles. The highest BCUT2D eigenvalue weighted by molar-refractivity contribution is 5.97. The first-order valence-electron chi connectivity index (χ1n) is 10.1. The van der Waals surface area contributed by atoms with Crippen molar-refractivity contribution in [2.45, 2.75) is 6.92 Å². The van der Waals surface area contributed by atoms with Crippen molar-refractivity contribution >= 4 is 16.6 Å². The van der Waals surface area contributed by atoms with Crippen molar-refractivity contribution in [1.29, 1.82) is 0 Å². The van der Waals surface area contributed by atoms with Crippen LogP contribution in [0.1, 0.15) is 5.69 Å². The van der Waals surface area contributed by atoms with Crippen LogP contribution in [0.2, 0.25) is 0 Å². The van der Waals surface area contributed by atoms with E-state index in [9.17, 15) is 9.18 Å². The van der Waals surface area contributed by atoms with Crippen LogP contribution in [0.5, 0.6) is 5.75 Å². The number of hydrogen-bond acceptors (Lipinski definition) is 6. The van der Waals surface area contributed by atoms with E-state index in [0.29, 0.717) is 16.6 Å². The van der Waals surface area contributed by atoms with Gasteiger partial charge in [-0.25, -0.2) is 19.2 Å². The highest BCUT2D eigenvalue weighted by Crippen LogP contribution is 2.33. The van der Waals surface area contributed by atoms with Crippen LogP contribution < -0.4 is 10.3 Å². The molecule has 0 aliphatic rings. The van der Waals surface area contributed by atoms with Crippen molar-refractivity contribution in [3.63, 3.8) is 0 Å². The zero-order chi connectivity index (χ0) is 23.8. The standard InChI is InChI=1S/C25H16FN5O3/c1-14-4-5-15(11-29-14)18-8-16(27-2)9-19-23(18)30-24(22-12-28-13-34-22)31(25(19)32)17-6-7-21(33-3)20(26)10-17/h4-13H,1,3H3. The van der Waals surface area contributed by atoms with Gasteiger partial charge >= 0.3 is 0 Å². The molecule has 0 aliphatic heterocycles. The van der Waals surface area contributed by atoms with Crippen molar-refractivity contribution < 1.29 is 13.5 Å². The number of oxazole rings is 1. The summed E-state index contributed by atoms with van der Waals surface area (Å²) in [6.07, 6.45) is 4.31. The normalized spacial score (nSPS) is 10.9. The van der Waals surface area contributed by atoms with Crippen molar-refractivity contribution in [2.24, 2.45) is 0 Å². The second-order valence-electron chi connectivity index (χ2n) is 7.45. The predicted octanol–water partition coefficient (Wildman–Crippen LogP) is 5.11. The lowest BCUT2D eigenvalue weighted by atomic mass is 10.0. The smallest absolute Gasteiger partial charge is 0.265 e. The molecular weight excluding hydrogens is 437 g/mol. The molecule has 0 aliphatic carbocycles. The Morgan fingerprint density at radius 1 is 1.15 bits per heavy atom. The van der Waals surface area contributed by atoms with Gasteiger partial charge in [-0.2, -0.15) is 0 Å². The van der Waals surface area contributed by atoms with Gasteiger partial charge in [0, 0.05) is 23.5 Å². The van der Waals surface area contributed by atoms with Crippen LogP contribution in [0.25, 0.3) is 44.1 Å². The topological polar surface area (TPSA) is 87.4 Å².